The summed E-state index contributed by atoms with van der Waals surface area (Å²) < 4.78 is 11.1. The van der Waals surface area contributed by atoms with E-state index in [1.54, 1.807) is 0 Å². The van der Waals surface area contributed by atoms with Crippen molar-refractivity contribution in [2.75, 3.05) is 25.6 Å². The van der Waals surface area contributed by atoms with Crippen molar-refractivity contribution in [1.82, 2.24) is 9.97 Å². The molecule has 0 saturated carbocycles. The van der Waals surface area contributed by atoms with Gasteiger partial charge in [0.25, 0.3) is 0 Å². The normalized spacial score (nSPS) is 17.1. The summed E-state index contributed by atoms with van der Waals surface area (Å²) >= 11 is 0. The molecule has 1 aliphatic rings. The summed E-state index contributed by atoms with van der Waals surface area (Å²) in [6.45, 7) is 3.50. The van der Waals surface area contributed by atoms with Crippen LogP contribution >= 0.6 is 0 Å². The molecule has 0 spiro atoms. The Bertz CT molecular complexity index is 351. The standard InChI is InChI=1S/C11H17N3O2/c1-8-10(12-2)13-7-14-11(8)16-9-3-5-15-6-4-9/h7,9H,3-6H2,1-2H3,(H,12,13,14). The molecule has 16 heavy (non-hydrogen) atoms. The molecule has 0 bridgehead atoms. The first-order valence-electron chi connectivity index (χ1n) is 5.55. The lowest BCUT2D eigenvalue weighted by Gasteiger charge is -2.23. The highest BCUT2D eigenvalue weighted by Crippen LogP contribution is 2.23. The van der Waals surface area contributed by atoms with Crippen LogP contribution in [0.15, 0.2) is 6.33 Å². The molecule has 0 amide bonds. The van der Waals surface area contributed by atoms with E-state index in [0.717, 1.165) is 37.4 Å². The van der Waals surface area contributed by atoms with Gasteiger partial charge in [0.2, 0.25) is 5.88 Å². The minimum Gasteiger partial charge on any atom is -0.474 e. The van der Waals surface area contributed by atoms with Gasteiger partial charge >= 0.3 is 0 Å². The minimum atomic E-state index is 0.215. The smallest absolute Gasteiger partial charge is 0.221 e. The Morgan fingerprint density at radius 1 is 1.38 bits per heavy atom. The van der Waals surface area contributed by atoms with Crippen LogP contribution in [-0.2, 0) is 4.74 Å². The first-order chi connectivity index (χ1) is 7.81. The van der Waals surface area contributed by atoms with Gasteiger partial charge in [0.05, 0.1) is 18.8 Å². The number of hydrogen-bond donors (Lipinski definition) is 1. The van der Waals surface area contributed by atoms with Gasteiger partial charge in [-0.05, 0) is 6.92 Å². The van der Waals surface area contributed by atoms with Gasteiger partial charge in [-0.3, -0.25) is 0 Å². The van der Waals surface area contributed by atoms with Crippen molar-refractivity contribution in [1.29, 1.82) is 0 Å². The van der Waals surface area contributed by atoms with E-state index >= 15 is 0 Å². The summed E-state index contributed by atoms with van der Waals surface area (Å²) in [6.07, 6.45) is 3.59. The highest BCUT2D eigenvalue weighted by Gasteiger charge is 2.17. The molecule has 2 heterocycles. The second kappa shape index (κ2) is 5.12. The zero-order valence-corrected chi connectivity index (χ0v) is 9.69. The van der Waals surface area contributed by atoms with Crippen LogP contribution in [0, 0.1) is 6.92 Å². The van der Waals surface area contributed by atoms with Gasteiger partial charge in [-0.2, -0.15) is 0 Å². The summed E-state index contributed by atoms with van der Waals surface area (Å²) in [4.78, 5) is 8.29. The summed E-state index contributed by atoms with van der Waals surface area (Å²) in [7, 11) is 1.84. The van der Waals surface area contributed by atoms with E-state index in [9.17, 15) is 0 Å². The SMILES string of the molecule is CNc1ncnc(OC2CCOCC2)c1C. The molecule has 0 atom stereocenters. The Hall–Kier alpha value is -1.36. The highest BCUT2D eigenvalue weighted by molar-refractivity contribution is 5.46. The summed E-state index contributed by atoms with van der Waals surface area (Å²) in [6, 6.07) is 0. The van der Waals surface area contributed by atoms with Gasteiger partial charge in [-0.25, -0.2) is 9.97 Å². The number of rotatable bonds is 3. The Labute approximate surface area is 95.2 Å². The van der Waals surface area contributed by atoms with Crippen LogP contribution in [0.4, 0.5) is 5.82 Å². The monoisotopic (exact) mass is 223 g/mol. The predicted octanol–water partition coefficient (Wildman–Crippen LogP) is 1.38. The van der Waals surface area contributed by atoms with Crippen molar-refractivity contribution in [3.63, 3.8) is 0 Å². The molecule has 1 aromatic heterocycles. The number of nitrogens with one attached hydrogen (secondary N) is 1. The molecule has 1 fully saturated rings. The third-order valence-corrected chi connectivity index (χ3v) is 2.72. The van der Waals surface area contributed by atoms with E-state index < -0.39 is 0 Å². The lowest BCUT2D eigenvalue weighted by molar-refractivity contribution is 0.0234. The van der Waals surface area contributed by atoms with Crippen LogP contribution in [-0.4, -0.2) is 36.3 Å². The average molecular weight is 223 g/mol. The van der Waals surface area contributed by atoms with Crippen molar-refractivity contribution < 1.29 is 9.47 Å². The van der Waals surface area contributed by atoms with Crippen molar-refractivity contribution in [2.24, 2.45) is 0 Å². The van der Waals surface area contributed by atoms with Gasteiger partial charge in [0.15, 0.2) is 0 Å². The summed E-state index contributed by atoms with van der Waals surface area (Å²) in [5, 5.41) is 3.02. The van der Waals surface area contributed by atoms with Crippen LogP contribution in [0.1, 0.15) is 18.4 Å². The Morgan fingerprint density at radius 3 is 2.81 bits per heavy atom. The second-order valence-corrected chi connectivity index (χ2v) is 3.83. The number of hydrogen-bond acceptors (Lipinski definition) is 5. The summed E-state index contributed by atoms with van der Waals surface area (Å²) in [5.74, 6) is 1.49. The molecule has 1 aromatic rings. The van der Waals surface area contributed by atoms with Crippen molar-refractivity contribution in [3.05, 3.63) is 11.9 Å². The van der Waals surface area contributed by atoms with E-state index in [4.69, 9.17) is 9.47 Å². The van der Waals surface area contributed by atoms with Gasteiger partial charge in [0.1, 0.15) is 18.2 Å². The van der Waals surface area contributed by atoms with E-state index in [1.807, 2.05) is 14.0 Å². The first kappa shape index (κ1) is 11.1. The quantitative estimate of drug-likeness (QED) is 0.839. The van der Waals surface area contributed by atoms with Crippen molar-refractivity contribution >= 4 is 5.82 Å². The predicted molar refractivity (Wildman–Crippen MR) is 60.8 cm³/mol. The number of ether oxygens (including phenoxy) is 2. The zero-order chi connectivity index (χ0) is 11.4. The topological polar surface area (TPSA) is 56.3 Å². The Kier molecular flexibility index (Phi) is 3.56. The second-order valence-electron chi connectivity index (χ2n) is 3.83. The van der Waals surface area contributed by atoms with E-state index in [0.29, 0.717) is 5.88 Å². The van der Waals surface area contributed by atoms with Gasteiger partial charge in [-0.15, -0.1) is 0 Å². The highest BCUT2D eigenvalue weighted by atomic mass is 16.5. The largest absolute Gasteiger partial charge is 0.474 e. The maximum absolute atomic E-state index is 5.86. The molecule has 0 unspecified atom stereocenters. The molecule has 1 aliphatic heterocycles. The van der Waals surface area contributed by atoms with E-state index in [1.165, 1.54) is 6.33 Å². The van der Waals surface area contributed by atoms with Gasteiger partial charge in [-0.1, -0.05) is 0 Å². The zero-order valence-electron chi connectivity index (χ0n) is 9.69. The fourth-order valence-electron chi connectivity index (χ4n) is 1.76. The Morgan fingerprint density at radius 2 is 2.12 bits per heavy atom. The maximum Gasteiger partial charge on any atom is 0.221 e. The molecule has 5 nitrogen and oxygen atoms in total. The lowest BCUT2D eigenvalue weighted by Crippen LogP contribution is -2.26. The molecule has 0 aliphatic carbocycles. The first-order valence-corrected chi connectivity index (χ1v) is 5.55. The lowest BCUT2D eigenvalue weighted by atomic mass is 10.1. The maximum atomic E-state index is 5.86. The molecule has 1 saturated heterocycles. The molecule has 2 rings (SSSR count). The third-order valence-electron chi connectivity index (χ3n) is 2.72. The van der Waals surface area contributed by atoms with Crippen LogP contribution in [0.3, 0.4) is 0 Å². The van der Waals surface area contributed by atoms with Gasteiger partial charge in [0, 0.05) is 19.9 Å². The number of aromatic nitrogens is 2. The summed E-state index contributed by atoms with van der Waals surface area (Å²) in [5.41, 5.74) is 0.955. The van der Waals surface area contributed by atoms with Crippen LogP contribution in [0.2, 0.25) is 0 Å². The van der Waals surface area contributed by atoms with Gasteiger partial charge < -0.3 is 14.8 Å². The third kappa shape index (κ3) is 2.41. The minimum absolute atomic E-state index is 0.215. The van der Waals surface area contributed by atoms with Crippen LogP contribution < -0.4 is 10.1 Å². The molecule has 5 heteroatoms. The van der Waals surface area contributed by atoms with Crippen molar-refractivity contribution in [3.8, 4) is 5.88 Å². The van der Waals surface area contributed by atoms with Crippen LogP contribution in [0.25, 0.3) is 0 Å². The van der Waals surface area contributed by atoms with Crippen LogP contribution in [0.5, 0.6) is 5.88 Å². The molecular weight excluding hydrogens is 206 g/mol. The number of nitrogens with zero attached hydrogens (tertiary/aromatic N) is 2. The molecule has 88 valence electrons. The van der Waals surface area contributed by atoms with E-state index in [2.05, 4.69) is 15.3 Å². The molecule has 0 aromatic carbocycles. The average Bonchev–Trinajstić information content (AvgIpc) is 2.33. The fraction of sp³-hybridized carbons (Fsp3) is 0.636. The molecular formula is C11H17N3O2. The van der Waals surface area contributed by atoms with E-state index in [-0.39, 0.29) is 6.10 Å². The Balaban J connectivity index is 2.08. The molecule has 1 N–H and O–H groups in total. The molecule has 0 radical (unpaired) electrons. The number of anilines is 1. The van der Waals surface area contributed by atoms with Crippen molar-refractivity contribution in [2.45, 2.75) is 25.9 Å². The fourth-order valence-corrected chi connectivity index (χ4v) is 1.76.